The van der Waals surface area contributed by atoms with E-state index in [4.69, 9.17) is 5.73 Å². The Morgan fingerprint density at radius 1 is 1.31 bits per heavy atom. The van der Waals surface area contributed by atoms with Crippen LogP contribution >= 0.6 is 0 Å². The van der Waals surface area contributed by atoms with E-state index in [1.165, 1.54) is 38.8 Å². The first kappa shape index (κ1) is 11.0. The van der Waals surface area contributed by atoms with Crippen molar-refractivity contribution < 1.29 is 0 Å². The van der Waals surface area contributed by atoms with Crippen LogP contribution < -0.4 is 5.73 Å². The molecule has 1 aliphatic rings. The molecule has 1 atom stereocenters. The van der Waals surface area contributed by atoms with E-state index < -0.39 is 0 Å². The number of rotatable bonds is 2. The van der Waals surface area contributed by atoms with Crippen molar-refractivity contribution >= 4 is 0 Å². The number of nitrogens with two attached hydrogens (primary N) is 1. The summed E-state index contributed by atoms with van der Waals surface area (Å²) in [7, 11) is 0. The second-order valence-corrected chi connectivity index (χ2v) is 4.84. The number of hydrogen-bond donors (Lipinski definition) is 1. The molecule has 1 fully saturated rings. The zero-order chi connectivity index (χ0) is 9.90. The molecule has 0 aromatic heterocycles. The normalized spacial score (nSPS) is 27.2. The Labute approximate surface area is 82.5 Å². The van der Waals surface area contributed by atoms with Gasteiger partial charge in [0.25, 0.3) is 0 Å². The van der Waals surface area contributed by atoms with Gasteiger partial charge in [-0.25, -0.2) is 0 Å². The summed E-state index contributed by atoms with van der Waals surface area (Å²) in [4.78, 5) is 2.60. The van der Waals surface area contributed by atoms with Crippen LogP contribution in [-0.2, 0) is 0 Å². The molecule has 1 rings (SSSR count). The summed E-state index contributed by atoms with van der Waals surface area (Å²) in [6, 6.07) is 0.442. The number of hydrogen-bond acceptors (Lipinski definition) is 2. The van der Waals surface area contributed by atoms with Gasteiger partial charge in [-0.3, -0.25) is 4.90 Å². The Hall–Kier alpha value is -0.0800. The molecule has 1 saturated heterocycles. The lowest BCUT2D eigenvalue weighted by Gasteiger charge is -2.37. The van der Waals surface area contributed by atoms with Crippen LogP contribution in [0.2, 0.25) is 0 Å². The van der Waals surface area contributed by atoms with Gasteiger partial charge >= 0.3 is 0 Å². The molecule has 0 aliphatic carbocycles. The predicted molar refractivity (Wildman–Crippen MR) is 57.8 cm³/mol. The molecule has 2 heteroatoms. The highest BCUT2D eigenvalue weighted by atomic mass is 15.2. The van der Waals surface area contributed by atoms with Crippen LogP contribution in [-0.4, -0.2) is 29.6 Å². The largest absolute Gasteiger partial charge is 0.328 e. The minimum absolute atomic E-state index is 0.365. The van der Waals surface area contributed by atoms with Crippen LogP contribution in [0.25, 0.3) is 0 Å². The van der Waals surface area contributed by atoms with Gasteiger partial charge in [-0.1, -0.05) is 6.92 Å². The molecule has 1 unspecified atom stereocenters. The Balaban J connectivity index is 2.50. The summed E-state index contributed by atoms with van der Waals surface area (Å²) in [6.45, 7) is 9.36. The third-order valence-corrected chi connectivity index (χ3v) is 3.49. The maximum Gasteiger partial charge on any atom is 0.0150 e. The zero-order valence-electron chi connectivity index (χ0n) is 9.34. The third kappa shape index (κ3) is 2.96. The third-order valence-electron chi connectivity index (χ3n) is 3.49. The highest BCUT2D eigenvalue weighted by Gasteiger charge is 2.26. The van der Waals surface area contributed by atoms with Crippen LogP contribution in [0.5, 0.6) is 0 Å². The van der Waals surface area contributed by atoms with E-state index in [0.29, 0.717) is 11.6 Å². The Kier molecular flexibility index (Phi) is 3.74. The molecule has 13 heavy (non-hydrogen) atoms. The van der Waals surface area contributed by atoms with Gasteiger partial charge in [0.1, 0.15) is 0 Å². The first-order valence-corrected chi connectivity index (χ1v) is 5.57. The smallest absolute Gasteiger partial charge is 0.0150 e. The predicted octanol–water partition coefficient (Wildman–Crippen LogP) is 1.99. The molecule has 0 saturated carbocycles. The molecule has 0 aromatic rings. The zero-order valence-corrected chi connectivity index (χ0v) is 9.34. The highest BCUT2D eigenvalue weighted by Crippen LogP contribution is 2.22. The van der Waals surface area contributed by atoms with Gasteiger partial charge in [0, 0.05) is 18.1 Å². The van der Waals surface area contributed by atoms with Crippen molar-refractivity contribution in [3.05, 3.63) is 0 Å². The van der Waals surface area contributed by atoms with Gasteiger partial charge in [0.15, 0.2) is 0 Å². The van der Waals surface area contributed by atoms with Crippen molar-refractivity contribution in [1.29, 1.82) is 0 Å². The van der Waals surface area contributed by atoms with Gasteiger partial charge < -0.3 is 5.73 Å². The topological polar surface area (TPSA) is 29.3 Å². The molecule has 1 heterocycles. The Bertz CT molecular complexity index is 154. The minimum atomic E-state index is 0.365. The first-order valence-electron chi connectivity index (χ1n) is 5.57. The maximum atomic E-state index is 5.96. The average molecular weight is 184 g/mol. The van der Waals surface area contributed by atoms with Crippen LogP contribution in [0.3, 0.4) is 0 Å². The Morgan fingerprint density at radius 3 is 2.62 bits per heavy atom. The molecular weight excluding hydrogens is 160 g/mol. The van der Waals surface area contributed by atoms with Gasteiger partial charge in [-0.15, -0.1) is 0 Å². The van der Waals surface area contributed by atoms with Crippen LogP contribution in [0.4, 0.5) is 0 Å². The van der Waals surface area contributed by atoms with E-state index in [9.17, 15) is 0 Å². The van der Waals surface area contributed by atoms with E-state index in [1.807, 2.05) is 0 Å². The van der Waals surface area contributed by atoms with E-state index in [0.717, 1.165) is 0 Å². The lowest BCUT2D eigenvalue weighted by molar-refractivity contribution is 0.120. The summed E-state index contributed by atoms with van der Waals surface area (Å²) < 4.78 is 0. The lowest BCUT2D eigenvalue weighted by Crippen LogP contribution is -2.44. The van der Waals surface area contributed by atoms with Crippen molar-refractivity contribution in [2.24, 2.45) is 5.73 Å². The molecule has 0 radical (unpaired) electrons. The molecule has 78 valence electrons. The van der Waals surface area contributed by atoms with E-state index >= 15 is 0 Å². The SMILES string of the molecule is CCC(C)(C)N1CCCC(N)CC1. The maximum absolute atomic E-state index is 5.96. The minimum Gasteiger partial charge on any atom is -0.328 e. The lowest BCUT2D eigenvalue weighted by atomic mass is 9.99. The molecular formula is C11H24N2. The van der Waals surface area contributed by atoms with Crippen LogP contribution in [0.15, 0.2) is 0 Å². The fraction of sp³-hybridized carbons (Fsp3) is 1.00. The van der Waals surface area contributed by atoms with Crippen molar-refractivity contribution in [3.8, 4) is 0 Å². The highest BCUT2D eigenvalue weighted by molar-refractivity contribution is 4.83. The van der Waals surface area contributed by atoms with Crippen molar-refractivity contribution in [2.45, 2.75) is 58.0 Å². The monoisotopic (exact) mass is 184 g/mol. The summed E-state index contributed by atoms with van der Waals surface area (Å²) >= 11 is 0. The molecule has 0 bridgehead atoms. The van der Waals surface area contributed by atoms with Crippen LogP contribution in [0.1, 0.15) is 46.5 Å². The number of nitrogens with zero attached hydrogens (tertiary/aromatic N) is 1. The fourth-order valence-corrected chi connectivity index (χ4v) is 1.95. The summed E-state index contributed by atoms with van der Waals surface area (Å²) in [5, 5.41) is 0. The molecule has 2 N–H and O–H groups in total. The molecule has 2 nitrogen and oxygen atoms in total. The Morgan fingerprint density at radius 2 is 2.00 bits per heavy atom. The number of likely N-dealkylation sites (tertiary alicyclic amines) is 1. The van der Waals surface area contributed by atoms with Gasteiger partial charge in [-0.2, -0.15) is 0 Å². The van der Waals surface area contributed by atoms with E-state index in [-0.39, 0.29) is 0 Å². The summed E-state index contributed by atoms with van der Waals surface area (Å²) in [5.41, 5.74) is 6.32. The average Bonchev–Trinajstić information content (AvgIpc) is 2.30. The van der Waals surface area contributed by atoms with E-state index in [1.54, 1.807) is 0 Å². The van der Waals surface area contributed by atoms with Crippen molar-refractivity contribution in [2.75, 3.05) is 13.1 Å². The fourth-order valence-electron chi connectivity index (χ4n) is 1.95. The van der Waals surface area contributed by atoms with Gasteiger partial charge in [0.2, 0.25) is 0 Å². The summed E-state index contributed by atoms with van der Waals surface area (Å²) in [5.74, 6) is 0. The second kappa shape index (κ2) is 4.43. The molecule has 0 amide bonds. The van der Waals surface area contributed by atoms with Crippen molar-refractivity contribution in [3.63, 3.8) is 0 Å². The standard InChI is InChI=1S/C11H24N2/c1-4-11(2,3)13-8-5-6-10(12)7-9-13/h10H,4-9,12H2,1-3H3. The molecule has 1 aliphatic heterocycles. The first-order chi connectivity index (χ1) is 6.06. The second-order valence-electron chi connectivity index (χ2n) is 4.84. The van der Waals surface area contributed by atoms with Gasteiger partial charge in [0.05, 0.1) is 0 Å². The summed E-state index contributed by atoms with van der Waals surface area (Å²) in [6.07, 6.45) is 4.87. The molecule has 0 aromatic carbocycles. The van der Waals surface area contributed by atoms with Crippen molar-refractivity contribution in [1.82, 2.24) is 4.90 Å². The van der Waals surface area contributed by atoms with E-state index in [2.05, 4.69) is 25.7 Å². The van der Waals surface area contributed by atoms with Crippen LogP contribution in [0, 0.1) is 0 Å². The van der Waals surface area contributed by atoms with Gasteiger partial charge in [-0.05, 0) is 46.1 Å². The quantitative estimate of drug-likeness (QED) is 0.711. The molecule has 0 spiro atoms.